The van der Waals surface area contributed by atoms with E-state index in [1.807, 2.05) is 0 Å². The molecule has 0 bridgehead atoms. The van der Waals surface area contributed by atoms with Crippen LogP contribution in [0, 0.1) is 5.92 Å². The summed E-state index contributed by atoms with van der Waals surface area (Å²) >= 11 is 0. The second kappa shape index (κ2) is 5.47. The lowest BCUT2D eigenvalue weighted by molar-refractivity contribution is -0.146. The summed E-state index contributed by atoms with van der Waals surface area (Å²) in [5.74, 6) is -0.226. The Balaban J connectivity index is 2.25. The van der Waals surface area contributed by atoms with Gasteiger partial charge in [0.2, 0.25) is 0 Å². The Morgan fingerprint density at radius 1 is 1.53 bits per heavy atom. The predicted molar refractivity (Wildman–Crippen MR) is 57.9 cm³/mol. The fourth-order valence-corrected chi connectivity index (χ4v) is 1.85. The van der Waals surface area contributed by atoms with Gasteiger partial charge in [-0.05, 0) is 32.7 Å². The van der Waals surface area contributed by atoms with Crippen molar-refractivity contribution in [3.8, 4) is 0 Å². The number of rotatable bonds is 6. The number of nitrogens with one attached hydrogen (secondary N) is 1. The van der Waals surface area contributed by atoms with Crippen LogP contribution >= 0.6 is 0 Å². The van der Waals surface area contributed by atoms with Gasteiger partial charge in [-0.25, -0.2) is 0 Å². The maximum Gasteiger partial charge on any atom is 0.326 e. The molecule has 0 radical (unpaired) electrons. The molecule has 0 amide bonds. The molecule has 0 heterocycles. The second-order valence-corrected chi connectivity index (χ2v) is 4.55. The van der Waals surface area contributed by atoms with Crippen molar-refractivity contribution in [2.75, 3.05) is 20.3 Å². The quantitative estimate of drug-likeness (QED) is 0.700. The third-order valence-electron chi connectivity index (χ3n) is 3.24. The smallest absolute Gasteiger partial charge is 0.326 e. The first-order valence-corrected chi connectivity index (χ1v) is 5.58. The molecule has 0 aliphatic heterocycles. The first kappa shape index (κ1) is 12.5. The van der Waals surface area contributed by atoms with E-state index < -0.39 is 11.5 Å². The van der Waals surface area contributed by atoms with Gasteiger partial charge in [0.25, 0.3) is 0 Å². The van der Waals surface area contributed by atoms with Crippen molar-refractivity contribution in [1.82, 2.24) is 5.32 Å². The molecule has 0 aromatic heterocycles. The van der Waals surface area contributed by atoms with E-state index in [1.165, 1.54) is 25.7 Å². The van der Waals surface area contributed by atoms with Crippen molar-refractivity contribution in [2.45, 2.75) is 38.1 Å². The number of ether oxygens (including phenoxy) is 1. The number of carbonyl (C=O) groups is 1. The van der Waals surface area contributed by atoms with Crippen LogP contribution in [0.5, 0.6) is 0 Å². The van der Waals surface area contributed by atoms with Gasteiger partial charge in [0.15, 0.2) is 0 Å². The normalized spacial score (nSPS) is 21.5. The summed E-state index contributed by atoms with van der Waals surface area (Å²) < 4.78 is 5.49. The molecule has 0 aromatic carbocycles. The largest absolute Gasteiger partial charge is 0.480 e. The van der Waals surface area contributed by atoms with Gasteiger partial charge in [0.05, 0.1) is 6.61 Å². The minimum absolute atomic E-state index is 0.231. The van der Waals surface area contributed by atoms with Gasteiger partial charge in [-0.2, -0.15) is 0 Å². The van der Waals surface area contributed by atoms with Crippen molar-refractivity contribution < 1.29 is 14.6 Å². The van der Waals surface area contributed by atoms with Gasteiger partial charge in [0, 0.05) is 6.61 Å². The lowest BCUT2D eigenvalue weighted by Gasteiger charge is -2.24. The van der Waals surface area contributed by atoms with Crippen LogP contribution in [0.3, 0.4) is 0 Å². The number of carboxylic acids is 1. The number of hydrogen-bond donors (Lipinski definition) is 2. The summed E-state index contributed by atoms with van der Waals surface area (Å²) in [6.07, 6.45) is 5.03. The van der Waals surface area contributed by atoms with E-state index in [1.54, 1.807) is 14.0 Å². The zero-order valence-corrected chi connectivity index (χ0v) is 9.58. The minimum atomic E-state index is -0.960. The van der Waals surface area contributed by atoms with E-state index in [0.29, 0.717) is 12.5 Å². The highest BCUT2D eigenvalue weighted by molar-refractivity contribution is 5.78. The van der Waals surface area contributed by atoms with Gasteiger partial charge in [0.1, 0.15) is 5.54 Å². The molecule has 1 rings (SSSR count). The van der Waals surface area contributed by atoms with Crippen LogP contribution in [0.25, 0.3) is 0 Å². The zero-order valence-electron chi connectivity index (χ0n) is 9.58. The molecule has 1 atom stereocenters. The van der Waals surface area contributed by atoms with Crippen molar-refractivity contribution >= 4 is 5.97 Å². The Labute approximate surface area is 91.0 Å². The van der Waals surface area contributed by atoms with Crippen molar-refractivity contribution in [2.24, 2.45) is 5.92 Å². The van der Waals surface area contributed by atoms with Crippen molar-refractivity contribution in [1.29, 1.82) is 0 Å². The zero-order chi connectivity index (χ0) is 11.3. The highest BCUT2D eigenvalue weighted by atomic mass is 16.5. The fourth-order valence-electron chi connectivity index (χ4n) is 1.85. The number of likely N-dealkylation sites (N-methyl/N-ethyl adjacent to an activating group) is 1. The Kier molecular flexibility index (Phi) is 4.54. The molecular weight excluding hydrogens is 194 g/mol. The van der Waals surface area contributed by atoms with Crippen LogP contribution in [0.2, 0.25) is 0 Å². The molecule has 1 fully saturated rings. The molecule has 1 aliphatic carbocycles. The summed E-state index contributed by atoms with van der Waals surface area (Å²) in [6.45, 7) is 2.57. The van der Waals surface area contributed by atoms with Gasteiger partial charge >= 0.3 is 5.97 Å². The molecule has 0 saturated heterocycles. The molecule has 15 heavy (non-hydrogen) atoms. The summed E-state index contributed by atoms with van der Waals surface area (Å²) in [6, 6.07) is 0. The number of aliphatic carboxylic acids is 1. The highest BCUT2D eigenvalue weighted by Crippen LogP contribution is 2.24. The Hall–Kier alpha value is -0.610. The molecule has 2 N–H and O–H groups in total. The van der Waals surface area contributed by atoms with E-state index in [-0.39, 0.29) is 6.61 Å². The van der Waals surface area contributed by atoms with Crippen LogP contribution in [0.4, 0.5) is 0 Å². The molecule has 4 heteroatoms. The lowest BCUT2D eigenvalue weighted by Crippen LogP contribution is -2.51. The van der Waals surface area contributed by atoms with Crippen LogP contribution < -0.4 is 5.32 Å². The van der Waals surface area contributed by atoms with E-state index >= 15 is 0 Å². The Bertz CT molecular complexity index is 214. The first-order chi connectivity index (χ1) is 7.08. The number of carboxylic acid groups (broad SMARTS) is 1. The maximum atomic E-state index is 10.9. The Morgan fingerprint density at radius 3 is 2.60 bits per heavy atom. The average molecular weight is 215 g/mol. The first-order valence-electron chi connectivity index (χ1n) is 5.58. The highest BCUT2D eigenvalue weighted by Gasteiger charge is 2.31. The predicted octanol–water partition coefficient (Wildman–Crippen LogP) is 1.26. The maximum absolute atomic E-state index is 10.9. The van der Waals surface area contributed by atoms with Gasteiger partial charge in [-0.1, -0.05) is 12.8 Å². The fraction of sp³-hybridized carbons (Fsp3) is 0.909. The van der Waals surface area contributed by atoms with Crippen LogP contribution in [-0.2, 0) is 9.53 Å². The summed E-state index contributed by atoms with van der Waals surface area (Å²) in [5, 5.41) is 11.8. The van der Waals surface area contributed by atoms with Crippen LogP contribution in [0.1, 0.15) is 32.6 Å². The van der Waals surface area contributed by atoms with Crippen LogP contribution in [0.15, 0.2) is 0 Å². The van der Waals surface area contributed by atoms with Gasteiger partial charge in [-0.3, -0.25) is 4.79 Å². The number of hydrogen-bond acceptors (Lipinski definition) is 3. The lowest BCUT2D eigenvalue weighted by atomic mass is 10.0. The SMILES string of the molecule is CNC(C)(COCC1CCCC1)C(=O)O. The van der Waals surface area contributed by atoms with Crippen molar-refractivity contribution in [3.63, 3.8) is 0 Å². The summed E-state index contributed by atoms with van der Waals surface area (Å²) in [7, 11) is 1.65. The third-order valence-corrected chi connectivity index (χ3v) is 3.24. The van der Waals surface area contributed by atoms with Gasteiger partial charge in [-0.15, -0.1) is 0 Å². The molecule has 1 saturated carbocycles. The molecule has 1 unspecified atom stereocenters. The second-order valence-electron chi connectivity index (χ2n) is 4.55. The standard InChI is InChI=1S/C11H21NO3/c1-11(12-2,10(13)14)8-15-7-9-5-3-4-6-9/h9,12H,3-8H2,1-2H3,(H,13,14). The molecule has 0 spiro atoms. The monoisotopic (exact) mass is 215 g/mol. The molecule has 1 aliphatic rings. The van der Waals surface area contributed by atoms with Gasteiger partial charge < -0.3 is 15.2 Å². The summed E-state index contributed by atoms with van der Waals surface area (Å²) in [4.78, 5) is 10.9. The van der Waals surface area contributed by atoms with E-state index in [2.05, 4.69) is 5.32 Å². The molecule has 4 nitrogen and oxygen atoms in total. The Morgan fingerprint density at radius 2 is 2.13 bits per heavy atom. The van der Waals surface area contributed by atoms with Crippen LogP contribution in [-0.4, -0.2) is 36.9 Å². The molecular formula is C11H21NO3. The minimum Gasteiger partial charge on any atom is -0.480 e. The molecule has 88 valence electrons. The third kappa shape index (κ3) is 3.47. The van der Waals surface area contributed by atoms with E-state index in [0.717, 1.165) is 0 Å². The molecule has 0 aromatic rings. The van der Waals surface area contributed by atoms with E-state index in [9.17, 15) is 4.79 Å². The van der Waals surface area contributed by atoms with Crippen molar-refractivity contribution in [3.05, 3.63) is 0 Å². The summed E-state index contributed by atoms with van der Waals surface area (Å²) in [5.41, 5.74) is -0.960. The topological polar surface area (TPSA) is 58.6 Å². The average Bonchev–Trinajstić information content (AvgIpc) is 2.70. The van der Waals surface area contributed by atoms with E-state index in [4.69, 9.17) is 9.84 Å².